The summed E-state index contributed by atoms with van der Waals surface area (Å²) in [5, 5.41) is 6.66. The van der Waals surface area contributed by atoms with Crippen LogP contribution in [0, 0.1) is 6.92 Å². The fraction of sp³-hybridized carbons (Fsp3) is 0.381. The molecular formula is C21H29IN6S. The number of nitrogens with zero attached hydrogens (tertiary/aromatic N) is 4. The Hall–Kier alpha value is -1.94. The van der Waals surface area contributed by atoms with Crippen molar-refractivity contribution in [1.29, 1.82) is 0 Å². The molecule has 0 saturated carbocycles. The van der Waals surface area contributed by atoms with Gasteiger partial charge in [0.25, 0.3) is 0 Å². The largest absolute Gasteiger partial charge is 0.357 e. The third kappa shape index (κ3) is 7.11. The molecule has 0 aliphatic rings. The van der Waals surface area contributed by atoms with Gasteiger partial charge in [-0.15, -0.1) is 35.3 Å². The number of rotatable bonds is 8. The normalized spacial score (nSPS) is 11.2. The lowest BCUT2D eigenvalue weighted by molar-refractivity contribution is 0.464. The van der Waals surface area contributed by atoms with Crippen LogP contribution in [-0.2, 0) is 13.0 Å². The van der Waals surface area contributed by atoms with Crippen molar-refractivity contribution in [1.82, 2.24) is 25.2 Å². The first-order valence-corrected chi connectivity index (χ1v) is 10.5. The zero-order valence-corrected chi connectivity index (χ0v) is 20.3. The van der Waals surface area contributed by atoms with Gasteiger partial charge in [0.2, 0.25) is 0 Å². The number of aromatic amines is 1. The van der Waals surface area contributed by atoms with E-state index >= 15 is 0 Å². The van der Waals surface area contributed by atoms with Crippen molar-refractivity contribution in [2.24, 2.45) is 4.99 Å². The van der Waals surface area contributed by atoms with Crippen molar-refractivity contribution in [2.45, 2.75) is 33.2 Å². The minimum Gasteiger partial charge on any atom is -0.357 e. The number of hydrogen-bond acceptors (Lipinski definition) is 4. The van der Waals surface area contributed by atoms with Crippen molar-refractivity contribution >= 4 is 41.3 Å². The van der Waals surface area contributed by atoms with Gasteiger partial charge in [-0.1, -0.05) is 30.3 Å². The first-order valence-electron chi connectivity index (χ1n) is 9.65. The van der Waals surface area contributed by atoms with E-state index in [1.54, 1.807) is 11.3 Å². The molecular weight excluding hydrogens is 495 g/mol. The molecule has 6 nitrogen and oxygen atoms in total. The predicted octanol–water partition coefficient (Wildman–Crippen LogP) is 4.49. The van der Waals surface area contributed by atoms with Crippen LogP contribution in [0.5, 0.6) is 0 Å². The zero-order chi connectivity index (χ0) is 19.8. The molecule has 156 valence electrons. The van der Waals surface area contributed by atoms with E-state index in [0.29, 0.717) is 6.54 Å². The van der Waals surface area contributed by atoms with Crippen LogP contribution in [-0.4, -0.2) is 45.9 Å². The Labute approximate surface area is 193 Å². The second-order valence-electron chi connectivity index (χ2n) is 6.69. The molecule has 3 rings (SSSR count). The van der Waals surface area contributed by atoms with Crippen molar-refractivity contribution in [3.63, 3.8) is 0 Å². The average molecular weight is 524 g/mol. The molecule has 0 saturated heterocycles. The number of thiazole rings is 1. The lowest BCUT2D eigenvalue weighted by atomic mass is 10.2. The summed E-state index contributed by atoms with van der Waals surface area (Å²) in [5.41, 5.74) is 3.27. The maximum atomic E-state index is 4.76. The lowest BCUT2D eigenvalue weighted by Crippen LogP contribution is -2.38. The Morgan fingerprint density at radius 3 is 2.76 bits per heavy atom. The predicted molar refractivity (Wildman–Crippen MR) is 132 cm³/mol. The Bertz CT molecular complexity index is 889. The highest BCUT2D eigenvalue weighted by Crippen LogP contribution is 2.16. The molecule has 0 aliphatic heterocycles. The highest BCUT2D eigenvalue weighted by atomic mass is 127. The van der Waals surface area contributed by atoms with Gasteiger partial charge >= 0.3 is 0 Å². The molecule has 1 aromatic carbocycles. The molecule has 8 heteroatoms. The van der Waals surface area contributed by atoms with Gasteiger partial charge in [0.05, 0.1) is 23.4 Å². The van der Waals surface area contributed by atoms with Gasteiger partial charge in [0.1, 0.15) is 5.82 Å². The lowest BCUT2D eigenvalue weighted by Gasteiger charge is -2.21. The topological polar surface area (TPSA) is 69.2 Å². The minimum absolute atomic E-state index is 0. The maximum Gasteiger partial charge on any atom is 0.194 e. The number of aromatic nitrogens is 3. The summed E-state index contributed by atoms with van der Waals surface area (Å²) >= 11 is 1.73. The van der Waals surface area contributed by atoms with Crippen molar-refractivity contribution in [3.05, 3.63) is 58.4 Å². The number of guanidine groups is 1. The van der Waals surface area contributed by atoms with Gasteiger partial charge in [-0.05, 0) is 25.8 Å². The van der Waals surface area contributed by atoms with Crippen LogP contribution in [0.15, 0.2) is 46.9 Å². The van der Waals surface area contributed by atoms with E-state index < -0.39 is 0 Å². The Morgan fingerprint density at radius 1 is 1.28 bits per heavy atom. The molecule has 2 N–H and O–H groups in total. The molecule has 0 bridgehead atoms. The fourth-order valence-corrected chi connectivity index (χ4v) is 3.73. The van der Waals surface area contributed by atoms with E-state index in [1.165, 1.54) is 5.01 Å². The summed E-state index contributed by atoms with van der Waals surface area (Å²) < 4.78 is 0. The first-order chi connectivity index (χ1) is 13.7. The molecule has 0 fully saturated rings. The smallest absolute Gasteiger partial charge is 0.194 e. The van der Waals surface area contributed by atoms with E-state index in [1.807, 2.05) is 38.4 Å². The third-order valence-electron chi connectivity index (χ3n) is 4.27. The molecule has 0 atom stereocenters. The third-order valence-corrected chi connectivity index (χ3v) is 5.30. The van der Waals surface area contributed by atoms with Crippen molar-refractivity contribution < 1.29 is 0 Å². The second-order valence-corrected chi connectivity index (χ2v) is 7.63. The number of benzene rings is 1. The molecule has 29 heavy (non-hydrogen) atoms. The van der Waals surface area contributed by atoms with Crippen molar-refractivity contribution in [2.75, 3.05) is 20.1 Å². The number of halogens is 1. The monoisotopic (exact) mass is 524 g/mol. The number of imidazole rings is 1. The summed E-state index contributed by atoms with van der Waals surface area (Å²) in [5.74, 6) is 1.82. The number of aryl methyl sites for hydroxylation is 2. The fourth-order valence-electron chi connectivity index (χ4n) is 2.91. The van der Waals surface area contributed by atoms with Gasteiger partial charge in [0.15, 0.2) is 5.96 Å². The second kappa shape index (κ2) is 11.9. The highest BCUT2D eigenvalue weighted by Gasteiger charge is 2.10. The van der Waals surface area contributed by atoms with E-state index in [2.05, 4.69) is 49.6 Å². The number of aliphatic imine (C=N–C) groups is 1. The molecule has 2 heterocycles. The summed E-state index contributed by atoms with van der Waals surface area (Å²) in [4.78, 5) is 19.3. The van der Waals surface area contributed by atoms with Crippen LogP contribution in [0.25, 0.3) is 11.3 Å². The quantitative estimate of drug-likeness (QED) is 0.197. The van der Waals surface area contributed by atoms with Gasteiger partial charge in [-0.2, -0.15) is 0 Å². The van der Waals surface area contributed by atoms with Crippen LogP contribution in [0.3, 0.4) is 0 Å². The SMILES string of the molecule is CCNC(=NCCCc1nc(C)cs1)N(C)Cc1ncc(-c2ccccc2)[nH]1.I. The summed E-state index contributed by atoms with van der Waals surface area (Å²) in [6.45, 7) is 6.40. The van der Waals surface area contributed by atoms with E-state index in [-0.39, 0.29) is 24.0 Å². The van der Waals surface area contributed by atoms with Gasteiger partial charge in [-0.25, -0.2) is 9.97 Å². The Morgan fingerprint density at radius 2 is 2.07 bits per heavy atom. The molecule has 0 spiro atoms. The number of nitrogens with one attached hydrogen (secondary N) is 2. The molecule has 3 aromatic rings. The first kappa shape index (κ1) is 23.3. The summed E-state index contributed by atoms with van der Waals surface area (Å²) in [6.07, 6.45) is 3.86. The molecule has 2 aromatic heterocycles. The standard InChI is InChI=1S/C21H28N6S.HI/c1-4-22-21(23-12-8-11-20-25-16(2)15-28-20)27(3)14-19-24-13-18(26-19)17-9-6-5-7-10-17;/h5-7,9-10,13,15H,4,8,11-12,14H2,1-3H3,(H,22,23)(H,24,26);1H. The van der Waals surface area contributed by atoms with E-state index in [0.717, 1.165) is 54.7 Å². The Kier molecular flexibility index (Phi) is 9.59. The molecule has 0 radical (unpaired) electrons. The molecule has 0 amide bonds. The van der Waals surface area contributed by atoms with Crippen LogP contribution in [0.1, 0.15) is 29.9 Å². The summed E-state index contributed by atoms with van der Waals surface area (Å²) in [6, 6.07) is 10.2. The molecule has 0 aliphatic carbocycles. The Balaban J connectivity index is 0.00000300. The highest BCUT2D eigenvalue weighted by molar-refractivity contribution is 14.0. The van der Waals surface area contributed by atoms with Crippen molar-refractivity contribution in [3.8, 4) is 11.3 Å². The number of H-pyrrole nitrogens is 1. The van der Waals surface area contributed by atoms with Crippen LogP contribution in [0.2, 0.25) is 0 Å². The average Bonchev–Trinajstić information content (AvgIpc) is 3.34. The van der Waals surface area contributed by atoms with Gasteiger partial charge in [0, 0.05) is 37.6 Å². The van der Waals surface area contributed by atoms with E-state index in [9.17, 15) is 0 Å². The summed E-state index contributed by atoms with van der Waals surface area (Å²) in [7, 11) is 2.04. The minimum atomic E-state index is 0. The van der Waals surface area contributed by atoms with Crippen LogP contribution < -0.4 is 5.32 Å². The molecule has 0 unspecified atom stereocenters. The van der Waals surface area contributed by atoms with Gasteiger partial charge in [-0.3, -0.25) is 4.99 Å². The van der Waals surface area contributed by atoms with Crippen LogP contribution in [0.4, 0.5) is 0 Å². The maximum absolute atomic E-state index is 4.76. The van der Waals surface area contributed by atoms with Crippen LogP contribution >= 0.6 is 35.3 Å². The van der Waals surface area contributed by atoms with E-state index in [4.69, 9.17) is 4.99 Å². The number of hydrogen-bond donors (Lipinski definition) is 2. The van der Waals surface area contributed by atoms with Gasteiger partial charge < -0.3 is 15.2 Å². The zero-order valence-electron chi connectivity index (χ0n) is 17.2.